The predicted octanol–water partition coefficient (Wildman–Crippen LogP) is 27.0. The van der Waals surface area contributed by atoms with E-state index in [1.165, 1.54) is 43.6 Å². The minimum atomic E-state index is -0.0171. The molecular weight excluding hydrogens is 1400 g/mol. The molecule has 6 heterocycles. The van der Waals surface area contributed by atoms with Crippen LogP contribution in [0.1, 0.15) is 31.8 Å². The molecule has 0 unspecified atom stereocenters. The molecule has 0 fully saturated rings. The summed E-state index contributed by atoms with van der Waals surface area (Å²) in [7, 11) is 0. The molecule has 0 N–H and O–H groups in total. The summed E-state index contributed by atoms with van der Waals surface area (Å²) in [5.41, 5.74) is 24.1. The third-order valence-electron chi connectivity index (χ3n) is 22.6. The van der Waals surface area contributed by atoms with Gasteiger partial charge in [-0.1, -0.05) is 182 Å². The fourth-order valence-corrected chi connectivity index (χ4v) is 17.4. The highest BCUT2D eigenvalue weighted by molar-refractivity contribution is 6.18. The van der Waals surface area contributed by atoms with Gasteiger partial charge in [0, 0.05) is 99.5 Å². The SMILES string of the molecule is O=C(c1ccc(N2c3ccccc3Oc3ccccc32)cc1)c1ccc2c(c1)c1ccccc1n2-c1ccc(-c2ccc(-n3c4ccccc4c4ccccc43)cc2)cc1.O=C(c1ccc(N2c3ccccc3Oc3ccccc32)cc1)c1ccc2c(c1)c1ccccc1n2-c1ccc(-n2c3ccccc3c3ccccc32)cc1. The first-order chi connectivity index (χ1) is 56.4. The molecule has 21 aromatic rings. The van der Waals surface area contributed by atoms with Crippen molar-refractivity contribution in [2.24, 2.45) is 0 Å². The zero-order chi connectivity index (χ0) is 75.5. The number of hydrogen-bond donors (Lipinski definition) is 0. The average molecular weight is 1460 g/mol. The fraction of sp³-hybridized carbons (Fsp3) is 0. The van der Waals surface area contributed by atoms with Crippen molar-refractivity contribution in [3.63, 3.8) is 0 Å². The van der Waals surface area contributed by atoms with Crippen LogP contribution in [0.2, 0.25) is 0 Å². The monoisotopic (exact) mass is 1460 g/mol. The van der Waals surface area contributed by atoms with Gasteiger partial charge in [0.2, 0.25) is 0 Å². The van der Waals surface area contributed by atoms with Gasteiger partial charge in [-0.3, -0.25) is 9.59 Å². The molecule has 10 heteroatoms. The van der Waals surface area contributed by atoms with Crippen molar-refractivity contribution in [2.75, 3.05) is 9.80 Å². The Kier molecular flexibility index (Phi) is 15.3. The molecule has 0 radical (unpaired) electrons. The van der Waals surface area contributed by atoms with Crippen molar-refractivity contribution in [1.82, 2.24) is 18.3 Å². The minimum Gasteiger partial charge on any atom is -0.453 e. The minimum absolute atomic E-state index is 0.0152. The Morgan fingerprint density at radius 3 is 0.675 bits per heavy atom. The zero-order valence-electron chi connectivity index (χ0n) is 61.4. The molecular formula is C104H66N6O4. The van der Waals surface area contributed by atoms with E-state index in [1.807, 2.05) is 146 Å². The molecule has 4 aromatic heterocycles. The number of benzene rings is 17. The second kappa shape index (κ2) is 26.7. The first kappa shape index (κ1) is 65.6. The van der Waals surface area contributed by atoms with Crippen LogP contribution in [0, 0.1) is 0 Å². The summed E-state index contributed by atoms with van der Waals surface area (Å²) < 4.78 is 21.7. The molecule has 10 nitrogen and oxygen atoms in total. The molecule has 2 aliphatic heterocycles. The number of aromatic nitrogens is 4. The van der Waals surface area contributed by atoms with Gasteiger partial charge < -0.3 is 37.5 Å². The smallest absolute Gasteiger partial charge is 0.193 e. The Balaban J connectivity index is 0.000000140. The fourth-order valence-electron chi connectivity index (χ4n) is 17.4. The molecule has 0 aliphatic carbocycles. The average Bonchev–Trinajstić information content (AvgIpc) is 1.72. The van der Waals surface area contributed by atoms with Crippen molar-refractivity contribution < 1.29 is 19.1 Å². The van der Waals surface area contributed by atoms with E-state index in [1.54, 1.807) is 0 Å². The second-order valence-electron chi connectivity index (χ2n) is 29.0. The van der Waals surface area contributed by atoms with Crippen molar-refractivity contribution in [1.29, 1.82) is 0 Å². The van der Waals surface area contributed by atoms with Crippen LogP contribution >= 0.6 is 0 Å². The van der Waals surface area contributed by atoms with Crippen LogP contribution in [-0.2, 0) is 0 Å². The molecule has 17 aromatic carbocycles. The van der Waals surface area contributed by atoms with E-state index in [0.717, 1.165) is 135 Å². The Morgan fingerprint density at radius 1 is 0.184 bits per heavy atom. The van der Waals surface area contributed by atoms with Crippen LogP contribution in [0.15, 0.2) is 400 Å². The van der Waals surface area contributed by atoms with Crippen LogP contribution in [0.4, 0.5) is 34.1 Å². The van der Waals surface area contributed by atoms with E-state index in [-0.39, 0.29) is 11.6 Å². The quantitative estimate of drug-likeness (QED) is 0.120. The summed E-state index contributed by atoms with van der Waals surface area (Å²) in [6, 6.07) is 138. The summed E-state index contributed by atoms with van der Waals surface area (Å²) in [5, 5.41) is 9.30. The van der Waals surface area contributed by atoms with Crippen molar-refractivity contribution in [3.8, 4) is 56.9 Å². The summed E-state index contributed by atoms with van der Waals surface area (Å²) in [5.74, 6) is 3.14. The first-order valence-corrected chi connectivity index (χ1v) is 38.4. The Bertz CT molecular complexity index is 7260. The summed E-state index contributed by atoms with van der Waals surface area (Å²) in [4.78, 5) is 32.6. The first-order valence-electron chi connectivity index (χ1n) is 38.4. The van der Waals surface area contributed by atoms with Crippen molar-refractivity contribution in [2.45, 2.75) is 0 Å². The molecule has 0 saturated carbocycles. The third kappa shape index (κ3) is 10.7. The number of ether oxygens (including phenoxy) is 2. The third-order valence-corrected chi connectivity index (χ3v) is 22.6. The topological polar surface area (TPSA) is 78.8 Å². The Morgan fingerprint density at radius 2 is 0.395 bits per heavy atom. The maximum atomic E-state index is 14.1. The van der Waals surface area contributed by atoms with Gasteiger partial charge in [-0.25, -0.2) is 0 Å². The summed E-state index contributed by atoms with van der Waals surface area (Å²) in [6.07, 6.45) is 0. The van der Waals surface area contributed by atoms with Gasteiger partial charge in [-0.15, -0.1) is 0 Å². The lowest BCUT2D eigenvalue weighted by atomic mass is 10.0. The predicted molar refractivity (Wildman–Crippen MR) is 465 cm³/mol. The second-order valence-corrected chi connectivity index (χ2v) is 29.0. The highest BCUT2D eigenvalue weighted by Crippen LogP contribution is 2.52. The van der Waals surface area contributed by atoms with E-state index < -0.39 is 0 Å². The number of fused-ring (bicyclic) bond motifs is 16. The van der Waals surface area contributed by atoms with Crippen LogP contribution in [0.25, 0.3) is 121 Å². The van der Waals surface area contributed by atoms with Crippen LogP contribution in [0.3, 0.4) is 0 Å². The summed E-state index contributed by atoms with van der Waals surface area (Å²) >= 11 is 0. The van der Waals surface area contributed by atoms with Crippen LogP contribution in [0.5, 0.6) is 23.0 Å². The molecule has 0 bridgehead atoms. The lowest BCUT2D eigenvalue weighted by Crippen LogP contribution is -2.15. The van der Waals surface area contributed by atoms with Gasteiger partial charge in [0.1, 0.15) is 0 Å². The van der Waals surface area contributed by atoms with Gasteiger partial charge in [0.05, 0.1) is 66.9 Å². The van der Waals surface area contributed by atoms with Crippen LogP contribution in [-0.4, -0.2) is 29.8 Å². The van der Waals surface area contributed by atoms with Crippen molar-refractivity contribution in [3.05, 3.63) is 423 Å². The number of para-hydroxylation sites is 14. The molecule has 114 heavy (non-hydrogen) atoms. The van der Waals surface area contributed by atoms with Crippen molar-refractivity contribution >= 4 is 133 Å². The highest BCUT2D eigenvalue weighted by atomic mass is 16.5. The largest absolute Gasteiger partial charge is 0.453 e. The lowest BCUT2D eigenvalue weighted by Gasteiger charge is -2.32. The van der Waals surface area contributed by atoms with E-state index in [9.17, 15) is 9.59 Å². The number of hydrogen-bond acceptors (Lipinski definition) is 6. The van der Waals surface area contributed by atoms with Gasteiger partial charge in [0.25, 0.3) is 0 Å². The standard InChI is InChI=1S/C55H35N3O2.C49H31N3O2/c59-55(38-25-32-42(33-26-38)58-51-17-7-9-19-53(51)60-54-20-10-8-18-52(54)58)39-27-34-50-46(35-39)45-13-3-6-16-49(45)57(50)41-30-23-37(24-31-41)36-21-28-40(29-22-36)56-47-14-4-1-11-43(47)44-12-2-5-15-48(44)56;53-49(32-21-24-34(25-22-32)52-45-17-7-9-19-47(45)54-48-20-10-8-18-46(48)52)33-23-30-44-40(31-33)39-13-3-6-16-43(39)51(44)36-28-26-35(27-29-36)50-41-14-4-1-11-37(41)38-12-2-5-15-42(38)50/h1-35H;1-31H. The van der Waals surface area contributed by atoms with E-state index in [0.29, 0.717) is 22.3 Å². The molecule has 0 spiro atoms. The summed E-state index contributed by atoms with van der Waals surface area (Å²) in [6.45, 7) is 0. The normalized spacial score (nSPS) is 12.2. The van der Waals surface area contributed by atoms with Gasteiger partial charge >= 0.3 is 0 Å². The zero-order valence-corrected chi connectivity index (χ0v) is 61.4. The maximum Gasteiger partial charge on any atom is 0.193 e. The van der Waals surface area contributed by atoms with E-state index in [2.05, 4.69) is 283 Å². The number of anilines is 6. The highest BCUT2D eigenvalue weighted by Gasteiger charge is 2.29. The number of ketones is 2. The molecule has 536 valence electrons. The molecule has 0 amide bonds. The Labute approximate surface area is 655 Å². The number of carbonyl (C=O) groups is 2. The van der Waals surface area contributed by atoms with E-state index >= 15 is 0 Å². The number of nitrogens with zero attached hydrogens (tertiary/aromatic N) is 6. The van der Waals surface area contributed by atoms with Gasteiger partial charge in [0.15, 0.2) is 34.6 Å². The number of carbonyl (C=O) groups excluding carboxylic acids is 2. The van der Waals surface area contributed by atoms with E-state index in [4.69, 9.17) is 9.47 Å². The van der Waals surface area contributed by atoms with Gasteiger partial charge in [-0.2, -0.15) is 0 Å². The maximum absolute atomic E-state index is 14.1. The van der Waals surface area contributed by atoms with Gasteiger partial charge in [-0.05, 0) is 230 Å². The Hall–Kier alpha value is -15.5. The molecule has 2 aliphatic rings. The molecule has 0 saturated heterocycles. The number of rotatable bonds is 11. The van der Waals surface area contributed by atoms with Crippen LogP contribution < -0.4 is 19.3 Å². The lowest BCUT2D eigenvalue weighted by molar-refractivity contribution is 0.103. The molecule has 23 rings (SSSR count). The molecule has 0 atom stereocenters.